The molecular weight excluding hydrogens is 202 g/mol. The van der Waals surface area contributed by atoms with Crippen LogP contribution in [0.3, 0.4) is 0 Å². The molecule has 1 fully saturated rings. The Morgan fingerprint density at radius 3 is 2.27 bits per heavy atom. The number of amides is 3. The number of aliphatic hydroxyl groups is 2. The summed E-state index contributed by atoms with van der Waals surface area (Å²) in [6.45, 7) is 1.64. The molecule has 1 saturated heterocycles. The summed E-state index contributed by atoms with van der Waals surface area (Å²) in [5.74, 6) is -0.371. The van der Waals surface area contributed by atoms with Crippen molar-refractivity contribution in [1.29, 1.82) is 0 Å². The van der Waals surface area contributed by atoms with E-state index in [2.05, 4.69) is 5.32 Å². The van der Waals surface area contributed by atoms with E-state index in [1.807, 2.05) is 0 Å². The normalized spacial score (nSPS) is 27.5. The van der Waals surface area contributed by atoms with E-state index < -0.39 is 24.3 Å². The van der Waals surface area contributed by atoms with Crippen molar-refractivity contribution >= 4 is 11.9 Å². The van der Waals surface area contributed by atoms with E-state index in [1.165, 1.54) is 11.8 Å². The van der Waals surface area contributed by atoms with Crippen molar-refractivity contribution in [1.82, 2.24) is 10.2 Å². The highest BCUT2D eigenvalue weighted by Gasteiger charge is 2.34. The van der Waals surface area contributed by atoms with Crippen LogP contribution in [-0.4, -0.2) is 58.4 Å². The summed E-state index contributed by atoms with van der Waals surface area (Å²) in [5, 5.41) is 20.7. The van der Waals surface area contributed by atoms with Crippen molar-refractivity contribution in [2.24, 2.45) is 5.73 Å². The van der Waals surface area contributed by atoms with Crippen molar-refractivity contribution in [2.75, 3.05) is 13.1 Å². The number of nitrogens with one attached hydrogen (secondary N) is 1. The fraction of sp³-hybridized carbons (Fsp3) is 0.750. The Balaban J connectivity index is 2.51. The second kappa shape index (κ2) is 4.45. The molecular formula is C8H15N3O4. The van der Waals surface area contributed by atoms with E-state index in [4.69, 9.17) is 5.73 Å². The first-order valence-corrected chi connectivity index (χ1v) is 4.62. The molecule has 15 heavy (non-hydrogen) atoms. The van der Waals surface area contributed by atoms with E-state index in [9.17, 15) is 19.8 Å². The van der Waals surface area contributed by atoms with Crippen molar-refractivity contribution in [2.45, 2.75) is 25.2 Å². The van der Waals surface area contributed by atoms with Gasteiger partial charge >= 0.3 is 6.03 Å². The van der Waals surface area contributed by atoms with Gasteiger partial charge in [-0.15, -0.1) is 0 Å². The Kier molecular flexibility index (Phi) is 3.48. The maximum Gasteiger partial charge on any atom is 0.312 e. The molecule has 0 aromatic carbocycles. The van der Waals surface area contributed by atoms with Gasteiger partial charge < -0.3 is 26.2 Å². The first-order chi connectivity index (χ1) is 6.91. The fourth-order valence-electron chi connectivity index (χ4n) is 1.50. The van der Waals surface area contributed by atoms with E-state index >= 15 is 0 Å². The van der Waals surface area contributed by atoms with Crippen molar-refractivity contribution < 1.29 is 19.8 Å². The molecule has 0 bridgehead atoms. The van der Waals surface area contributed by atoms with Crippen LogP contribution >= 0.6 is 0 Å². The van der Waals surface area contributed by atoms with Gasteiger partial charge in [0.2, 0.25) is 5.91 Å². The first kappa shape index (κ1) is 11.7. The van der Waals surface area contributed by atoms with E-state index in [1.54, 1.807) is 0 Å². The van der Waals surface area contributed by atoms with E-state index in [0.717, 1.165) is 0 Å². The Bertz CT molecular complexity index is 261. The lowest BCUT2D eigenvalue weighted by Gasteiger charge is -2.20. The molecule has 3 atom stereocenters. The minimum atomic E-state index is -0.922. The second-order valence-corrected chi connectivity index (χ2v) is 3.61. The van der Waals surface area contributed by atoms with Gasteiger partial charge in [0.15, 0.2) is 0 Å². The zero-order valence-electron chi connectivity index (χ0n) is 8.38. The van der Waals surface area contributed by atoms with Crippen LogP contribution in [0.4, 0.5) is 4.79 Å². The molecule has 3 amide bonds. The zero-order chi connectivity index (χ0) is 11.6. The Morgan fingerprint density at radius 1 is 1.40 bits per heavy atom. The topological polar surface area (TPSA) is 116 Å². The lowest BCUT2D eigenvalue weighted by atomic mass is 10.3. The number of nitrogens with zero attached hydrogens (tertiary/aromatic N) is 1. The van der Waals surface area contributed by atoms with Gasteiger partial charge in [0.1, 0.15) is 6.04 Å². The Morgan fingerprint density at radius 2 is 1.87 bits per heavy atom. The number of nitrogens with two attached hydrogens (primary N) is 1. The number of β-amino-alcohol motifs (C(OH)–C–C–N with tert-alkyl or cyclic N) is 2. The molecule has 3 unspecified atom stereocenters. The van der Waals surface area contributed by atoms with Crippen molar-refractivity contribution in [3.05, 3.63) is 0 Å². The van der Waals surface area contributed by atoms with Crippen LogP contribution in [0, 0.1) is 0 Å². The number of likely N-dealkylation sites (tertiary alicyclic amines) is 1. The zero-order valence-corrected chi connectivity index (χ0v) is 8.38. The summed E-state index contributed by atoms with van der Waals surface area (Å²) in [6.07, 6.45) is -1.84. The number of rotatable bonds is 2. The molecule has 0 saturated carbocycles. The summed E-state index contributed by atoms with van der Waals surface area (Å²) < 4.78 is 0. The van der Waals surface area contributed by atoms with Crippen LogP contribution in [0.2, 0.25) is 0 Å². The predicted molar refractivity (Wildman–Crippen MR) is 50.8 cm³/mol. The lowest BCUT2D eigenvalue weighted by molar-refractivity contribution is -0.132. The fourth-order valence-corrected chi connectivity index (χ4v) is 1.50. The minimum absolute atomic E-state index is 0.0742. The van der Waals surface area contributed by atoms with Crippen LogP contribution in [0.5, 0.6) is 0 Å². The smallest absolute Gasteiger partial charge is 0.312 e. The number of carbonyl (C=O) groups is 2. The van der Waals surface area contributed by atoms with Gasteiger partial charge in [0.25, 0.3) is 0 Å². The summed E-state index contributed by atoms with van der Waals surface area (Å²) in [7, 11) is 0. The highest BCUT2D eigenvalue weighted by Crippen LogP contribution is 2.11. The van der Waals surface area contributed by atoms with Crippen LogP contribution in [0.1, 0.15) is 6.92 Å². The molecule has 86 valence electrons. The standard InChI is InChI=1S/C8H15N3O4/c1-4(10-8(9)15)7(14)11-2-5(12)6(13)3-11/h4-6,12-13H,2-3H2,1H3,(H3,9,10,15). The molecule has 5 N–H and O–H groups in total. The van der Waals surface area contributed by atoms with Crippen LogP contribution in [-0.2, 0) is 4.79 Å². The molecule has 7 heteroatoms. The number of hydrogen-bond acceptors (Lipinski definition) is 4. The van der Waals surface area contributed by atoms with Gasteiger partial charge in [0, 0.05) is 13.1 Å². The van der Waals surface area contributed by atoms with Crippen LogP contribution in [0.15, 0.2) is 0 Å². The highest BCUT2D eigenvalue weighted by molar-refractivity contribution is 5.86. The van der Waals surface area contributed by atoms with Crippen molar-refractivity contribution in [3.63, 3.8) is 0 Å². The third-order valence-corrected chi connectivity index (χ3v) is 2.30. The number of hydrogen-bond donors (Lipinski definition) is 4. The van der Waals surface area contributed by atoms with Gasteiger partial charge in [-0.05, 0) is 6.92 Å². The molecule has 1 aliphatic heterocycles. The number of urea groups is 1. The third kappa shape index (κ3) is 2.80. The monoisotopic (exact) mass is 217 g/mol. The Hall–Kier alpha value is -1.34. The Labute approximate surface area is 86.8 Å². The molecule has 7 nitrogen and oxygen atoms in total. The van der Waals surface area contributed by atoms with Crippen molar-refractivity contribution in [3.8, 4) is 0 Å². The van der Waals surface area contributed by atoms with Gasteiger partial charge in [-0.2, -0.15) is 0 Å². The lowest BCUT2D eigenvalue weighted by Crippen LogP contribution is -2.48. The number of carbonyl (C=O) groups excluding carboxylic acids is 2. The second-order valence-electron chi connectivity index (χ2n) is 3.61. The van der Waals surface area contributed by atoms with E-state index in [0.29, 0.717) is 0 Å². The minimum Gasteiger partial charge on any atom is -0.388 e. The molecule has 0 radical (unpaired) electrons. The molecule has 1 heterocycles. The molecule has 1 rings (SSSR count). The average Bonchev–Trinajstić information content (AvgIpc) is 2.44. The summed E-state index contributed by atoms with van der Waals surface area (Å²) in [6, 6.07) is -1.53. The number of aliphatic hydroxyl groups excluding tert-OH is 2. The van der Waals surface area contributed by atoms with Gasteiger partial charge in [0.05, 0.1) is 12.2 Å². The van der Waals surface area contributed by atoms with E-state index in [-0.39, 0.29) is 19.0 Å². The highest BCUT2D eigenvalue weighted by atomic mass is 16.3. The summed E-state index contributed by atoms with van der Waals surface area (Å²) in [5.41, 5.74) is 4.86. The van der Waals surface area contributed by atoms with Gasteiger partial charge in [-0.1, -0.05) is 0 Å². The van der Waals surface area contributed by atoms with Gasteiger partial charge in [-0.25, -0.2) is 4.79 Å². The molecule has 0 aromatic heterocycles. The average molecular weight is 217 g/mol. The maximum absolute atomic E-state index is 11.6. The molecule has 1 aliphatic rings. The predicted octanol–water partition coefficient (Wildman–Crippen LogP) is -2.39. The van der Waals surface area contributed by atoms with Crippen LogP contribution < -0.4 is 11.1 Å². The first-order valence-electron chi connectivity index (χ1n) is 4.62. The molecule has 0 aromatic rings. The molecule has 0 spiro atoms. The SMILES string of the molecule is CC(NC(N)=O)C(=O)N1CC(O)C(O)C1. The maximum atomic E-state index is 11.6. The summed E-state index contributed by atoms with van der Waals surface area (Å²) in [4.78, 5) is 23.4. The van der Waals surface area contributed by atoms with Crippen LogP contribution in [0.25, 0.3) is 0 Å². The largest absolute Gasteiger partial charge is 0.388 e. The summed E-state index contributed by atoms with van der Waals surface area (Å²) >= 11 is 0. The quantitative estimate of drug-likeness (QED) is 0.413. The number of primary amides is 1. The molecule has 0 aliphatic carbocycles. The third-order valence-electron chi connectivity index (χ3n) is 2.30. The van der Waals surface area contributed by atoms with Gasteiger partial charge in [-0.3, -0.25) is 4.79 Å².